The molecule has 0 rings (SSSR count). The minimum atomic E-state index is -0.775. The normalized spacial score (nSPS) is 15.4. The highest BCUT2D eigenvalue weighted by Crippen LogP contribution is 1.99. The second-order valence-corrected chi connectivity index (χ2v) is 4.63. The fourth-order valence-corrected chi connectivity index (χ4v) is 1.35. The van der Waals surface area contributed by atoms with E-state index in [9.17, 15) is 4.21 Å². The predicted octanol–water partition coefficient (Wildman–Crippen LogP) is 1.29. The first-order valence-corrected chi connectivity index (χ1v) is 6.49. The summed E-state index contributed by atoms with van der Waals surface area (Å²) in [7, 11) is 1.27. The van der Waals surface area contributed by atoms with E-state index in [0.29, 0.717) is 5.75 Å². The Morgan fingerprint density at radius 1 is 1.57 bits per heavy atom. The molecule has 0 aliphatic rings. The van der Waals surface area contributed by atoms with Gasteiger partial charge in [0.1, 0.15) is 0 Å². The maximum Gasteiger partial charge on any atom is 0.0509 e. The molecule has 1 unspecified atom stereocenters. The first kappa shape index (κ1) is 13.5. The van der Waals surface area contributed by atoms with Gasteiger partial charge in [-0.2, -0.15) is 0 Å². The van der Waals surface area contributed by atoms with Gasteiger partial charge in [0.25, 0.3) is 0 Å². The summed E-state index contributed by atoms with van der Waals surface area (Å²) in [4.78, 5) is 6.41. The molecular formula is C10H20N2OS. The largest absolute Gasteiger partial charge is 0.301 e. The highest BCUT2D eigenvalue weighted by atomic mass is 32.2. The van der Waals surface area contributed by atoms with Crippen molar-refractivity contribution in [3.63, 3.8) is 0 Å². The topological polar surface area (TPSA) is 32.7 Å². The molecule has 4 heteroatoms. The van der Waals surface area contributed by atoms with Crippen LogP contribution < -0.4 is 0 Å². The summed E-state index contributed by atoms with van der Waals surface area (Å²) in [6, 6.07) is 0. The number of rotatable bonds is 6. The predicted molar refractivity (Wildman–Crippen MR) is 64.4 cm³/mol. The fraction of sp³-hybridized carbons (Fsp3) is 0.700. The lowest BCUT2D eigenvalue weighted by molar-refractivity contribution is 0.382. The zero-order valence-corrected chi connectivity index (χ0v) is 10.3. The molecule has 14 heavy (non-hydrogen) atoms. The van der Waals surface area contributed by atoms with E-state index in [2.05, 4.69) is 16.8 Å². The molecule has 0 fully saturated rings. The molecule has 3 nitrogen and oxygen atoms in total. The van der Waals surface area contributed by atoms with E-state index in [-0.39, 0.29) is 0 Å². The Hall–Kier alpha value is -0.480. The molecule has 0 radical (unpaired) electrons. The van der Waals surface area contributed by atoms with Crippen LogP contribution in [0.5, 0.6) is 0 Å². The van der Waals surface area contributed by atoms with Gasteiger partial charge in [0.15, 0.2) is 0 Å². The lowest BCUT2D eigenvalue weighted by Crippen LogP contribution is -2.20. The fourth-order valence-electron chi connectivity index (χ4n) is 0.926. The average Bonchev–Trinajstić information content (AvgIpc) is 2.14. The van der Waals surface area contributed by atoms with Crippen LogP contribution in [0.3, 0.4) is 0 Å². The van der Waals surface area contributed by atoms with Gasteiger partial charge in [-0.1, -0.05) is 6.92 Å². The van der Waals surface area contributed by atoms with E-state index in [4.69, 9.17) is 0 Å². The van der Waals surface area contributed by atoms with Gasteiger partial charge in [0.2, 0.25) is 0 Å². The highest BCUT2D eigenvalue weighted by Gasteiger charge is 1.99. The molecule has 0 aromatic rings. The van der Waals surface area contributed by atoms with Gasteiger partial charge in [-0.25, -0.2) is 0 Å². The third-order valence-corrected chi connectivity index (χ3v) is 2.46. The third kappa shape index (κ3) is 6.97. The maximum atomic E-state index is 10.9. The lowest BCUT2D eigenvalue weighted by atomic mass is 10.4. The number of hydrogen-bond acceptors (Lipinski definition) is 3. The van der Waals surface area contributed by atoms with Crippen molar-refractivity contribution in [1.29, 1.82) is 0 Å². The molecule has 0 spiro atoms. The summed E-state index contributed by atoms with van der Waals surface area (Å²) in [5, 5.41) is 0. The van der Waals surface area contributed by atoms with Crippen molar-refractivity contribution in [2.45, 2.75) is 13.8 Å². The van der Waals surface area contributed by atoms with E-state index >= 15 is 0 Å². The van der Waals surface area contributed by atoms with Gasteiger partial charge in [-0.15, -0.1) is 0 Å². The van der Waals surface area contributed by atoms with Gasteiger partial charge in [-0.05, 0) is 26.6 Å². The number of hydrogen-bond donors (Lipinski definition) is 0. The van der Waals surface area contributed by atoms with Crippen LogP contribution in [0.15, 0.2) is 16.8 Å². The van der Waals surface area contributed by atoms with Crippen molar-refractivity contribution >= 4 is 17.0 Å². The molecule has 1 atom stereocenters. The van der Waals surface area contributed by atoms with Crippen LogP contribution in [0.25, 0.3) is 0 Å². The van der Waals surface area contributed by atoms with Crippen molar-refractivity contribution in [3.05, 3.63) is 11.8 Å². The molecule has 0 aromatic heterocycles. The number of nitrogens with zero attached hydrogens (tertiary/aromatic N) is 2. The Morgan fingerprint density at radius 2 is 2.21 bits per heavy atom. The zero-order chi connectivity index (χ0) is 11.0. The highest BCUT2D eigenvalue weighted by molar-refractivity contribution is 7.84. The van der Waals surface area contributed by atoms with Crippen molar-refractivity contribution in [2.24, 2.45) is 4.99 Å². The summed E-state index contributed by atoms with van der Waals surface area (Å²) >= 11 is 0. The Labute approximate surface area is 89.4 Å². The summed E-state index contributed by atoms with van der Waals surface area (Å²) in [5.74, 6) is 0.588. The first-order valence-electron chi connectivity index (χ1n) is 4.76. The Kier molecular flexibility index (Phi) is 7.61. The molecule has 82 valence electrons. The molecule has 0 amide bonds. The van der Waals surface area contributed by atoms with Gasteiger partial charge >= 0.3 is 0 Å². The molecule has 0 aliphatic heterocycles. The minimum absolute atomic E-state index is 0.588. The monoisotopic (exact) mass is 216 g/mol. The SMILES string of the molecule is CC=N/C(=C\CS(C)=O)CN(C)CC. The average molecular weight is 216 g/mol. The van der Waals surface area contributed by atoms with Gasteiger partial charge in [0.05, 0.1) is 5.70 Å². The molecule has 0 bridgehead atoms. The van der Waals surface area contributed by atoms with Crippen molar-refractivity contribution in [1.82, 2.24) is 4.90 Å². The summed E-state index contributed by atoms with van der Waals surface area (Å²) in [6.07, 6.45) is 5.42. The van der Waals surface area contributed by atoms with E-state index in [1.807, 2.05) is 20.0 Å². The molecule has 0 heterocycles. The Balaban J connectivity index is 4.27. The number of aliphatic imine (C=N–C) groups is 1. The van der Waals surface area contributed by atoms with Crippen LogP contribution in [-0.2, 0) is 10.8 Å². The van der Waals surface area contributed by atoms with Gasteiger partial charge < -0.3 is 4.90 Å². The molecule has 0 saturated heterocycles. The van der Waals surface area contributed by atoms with Crippen molar-refractivity contribution in [3.8, 4) is 0 Å². The Morgan fingerprint density at radius 3 is 2.64 bits per heavy atom. The molecule has 0 aliphatic carbocycles. The molecule has 0 saturated carbocycles. The van der Waals surface area contributed by atoms with Crippen molar-refractivity contribution in [2.75, 3.05) is 32.1 Å². The van der Waals surface area contributed by atoms with Crippen LogP contribution in [0.2, 0.25) is 0 Å². The summed E-state index contributed by atoms with van der Waals surface area (Å²) < 4.78 is 10.9. The maximum absolute atomic E-state index is 10.9. The van der Waals surface area contributed by atoms with Crippen LogP contribution in [0.4, 0.5) is 0 Å². The second kappa shape index (κ2) is 7.88. The summed E-state index contributed by atoms with van der Waals surface area (Å²) in [6.45, 7) is 5.80. The molecule has 0 aromatic carbocycles. The van der Waals surface area contributed by atoms with Crippen LogP contribution in [-0.4, -0.2) is 47.5 Å². The minimum Gasteiger partial charge on any atom is -0.301 e. The lowest BCUT2D eigenvalue weighted by Gasteiger charge is -2.13. The third-order valence-electron chi connectivity index (χ3n) is 1.82. The smallest absolute Gasteiger partial charge is 0.0509 e. The second-order valence-electron chi connectivity index (χ2n) is 3.15. The van der Waals surface area contributed by atoms with E-state index < -0.39 is 10.8 Å². The Bertz CT molecular complexity index is 236. The van der Waals surface area contributed by atoms with Crippen molar-refractivity contribution < 1.29 is 4.21 Å². The molecule has 0 N–H and O–H groups in total. The van der Waals surface area contributed by atoms with Gasteiger partial charge in [-0.3, -0.25) is 9.20 Å². The van der Waals surface area contributed by atoms with Crippen LogP contribution in [0.1, 0.15) is 13.8 Å². The quantitative estimate of drug-likeness (QED) is 0.627. The van der Waals surface area contributed by atoms with E-state index in [1.54, 1.807) is 12.5 Å². The first-order chi connectivity index (χ1) is 6.60. The van der Waals surface area contributed by atoms with E-state index in [0.717, 1.165) is 18.8 Å². The zero-order valence-electron chi connectivity index (χ0n) is 9.49. The van der Waals surface area contributed by atoms with E-state index in [1.165, 1.54) is 0 Å². The van der Waals surface area contributed by atoms with Gasteiger partial charge in [0, 0.05) is 35.6 Å². The van der Waals surface area contributed by atoms with Crippen LogP contribution in [0, 0.1) is 0 Å². The summed E-state index contributed by atoms with van der Waals surface area (Å²) in [5.41, 5.74) is 0.993. The van der Waals surface area contributed by atoms with Crippen LogP contribution >= 0.6 is 0 Å². The standard InChI is InChI=1S/C10H20N2OS/c1-5-11-10(7-8-14(4)13)9-12(3)6-2/h5,7H,6,8-9H2,1-4H3/b10-7-,11-5?. The molecular weight excluding hydrogens is 196 g/mol. The number of likely N-dealkylation sites (N-methyl/N-ethyl adjacent to an activating group) is 1.